The number of aliphatic hydroxyl groups excluding tert-OH is 1. The van der Waals surface area contributed by atoms with Gasteiger partial charge in [-0.15, -0.1) is 0 Å². The number of hydrogen-bond acceptors (Lipinski definition) is 6. The summed E-state index contributed by atoms with van der Waals surface area (Å²) in [7, 11) is 0. The maximum atomic E-state index is 12.3. The molecule has 2 aromatic rings. The van der Waals surface area contributed by atoms with Gasteiger partial charge < -0.3 is 25.3 Å². The van der Waals surface area contributed by atoms with E-state index in [0.717, 1.165) is 5.39 Å². The molecule has 8 nitrogen and oxygen atoms in total. The zero-order valence-corrected chi connectivity index (χ0v) is 12.7. The first kappa shape index (κ1) is 15.8. The molecule has 0 saturated heterocycles. The number of carbonyl (C=O) groups is 2. The highest BCUT2D eigenvalue weighted by Crippen LogP contribution is 2.27. The molecule has 124 valence electrons. The first-order valence-corrected chi connectivity index (χ1v) is 7.23. The van der Waals surface area contributed by atoms with Crippen LogP contribution in [0, 0.1) is 0 Å². The van der Waals surface area contributed by atoms with Crippen LogP contribution in [-0.2, 0) is 14.3 Å². The number of aromatic amines is 1. The van der Waals surface area contributed by atoms with Crippen molar-refractivity contribution in [2.75, 3.05) is 6.54 Å². The summed E-state index contributed by atoms with van der Waals surface area (Å²) in [5, 5.41) is 21.9. The van der Waals surface area contributed by atoms with Crippen LogP contribution < -0.4 is 5.32 Å². The van der Waals surface area contributed by atoms with E-state index in [1.807, 2.05) is 6.07 Å². The van der Waals surface area contributed by atoms with Crippen LogP contribution >= 0.6 is 0 Å². The molecule has 1 aliphatic heterocycles. The number of aliphatic carboxylic acids is 1. The highest BCUT2D eigenvalue weighted by Gasteiger charge is 2.35. The number of nitrogens with one attached hydrogen (secondary N) is 2. The fourth-order valence-electron chi connectivity index (χ4n) is 2.33. The number of nitrogens with zero attached hydrogens (tertiary/aromatic N) is 1. The number of ketones is 1. The number of fused-ring (bicyclic) bond motifs is 1. The van der Waals surface area contributed by atoms with E-state index in [2.05, 4.69) is 15.3 Å². The number of allylic oxidation sites excluding steroid dienone is 1. The minimum absolute atomic E-state index is 0.0592. The summed E-state index contributed by atoms with van der Waals surface area (Å²) in [6.07, 6.45) is 4.03. The normalized spacial score (nSPS) is 17.4. The fraction of sp³-hybridized carbons (Fsp3) is 0.188. The van der Waals surface area contributed by atoms with Crippen molar-refractivity contribution in [3.05, 3.63) is 47.3 Å². The van der Waals surface area contributed by atoms with Gasteiger partial charge in [0.15, 0.2) is 11.3 Å². The van der Waals surface area contributed by atoms with Crippen LogP contribution in [0.4, 0.5) is 0 Å². The van der Waals surface area contributed by atoms with E-state index >= 15 is 0 Å². The molecule has 4 N–H and O–H groups in total. The van der Waals surface area contributed by atoms with E-state index in [0.29, 0.717) is 11.2 Å². The third-order valence-corrected chi connectivity index (χ3v) is 3.43. The van der Waals surface area contributed by atoms with Gasteiger partial charge >= 0.3 is 5.97 Å². The van der Waals surface area contributed by atoms with Gasteiger partial charge in [0, 0.05) is 29.9 Å². The topological polar surface area (TPSA) is 125 Å². The lowest BCUT2D eigenvalue weighted by molar-refractivity contribution is -0.134. The number of aromatic nitrogens is 2. The Morgan fingerprint density at radius 2 is 2.33 bits per heavy atom. The lowest BCUT2D eigenvalue weighted by atomic mass is 10.1. The van der Waals surface area contributed by atoms with Gasteiger partial charge in [0.25, 0.3) is 0 Å². The Hall–Kier alpha value is -3.13. The molecule has 3 heterocycles. The molecule has 0 fully saturated rings. The second-order valence-electron chi connectivity index (χ2n) is 5.32. The molecule has 8 heteroatoms. The Morgan fingerprint density at radius 3 is 3.04 bits per heavy atom. The molecule has 0 saturated carbocycles. The zero-order chi connectivity index (χ0) is 17.3. The van der Waals surface area contributed by atoms with Gasteiger partial charge in [-0.25, -0.2) is 9.78 Å². The molecule has 0 bridgehead atoms. The molecule has 0 aromatic carbocycles. The van der Waals surface area contributed by atoms with Gasteiger partial charge in [-0.3, -0.25) is 4.79 Å². The van der Waals surface area contributed by atoms with Crippen LogP contribution in [0.2, 0.25) is 0 Å². The van der Waals surface area contributed by atoms with Crippen molar-refractivity contribution in [2.24, 2.45) is 0 Å². The summed E-state index contributed by atoms with van der Waals surface area (Å²) >= 11 is 0. The number of rotatable bonds is 5. The summed E-state index contributed by atoms with van der Waals surface area (Å²) in [6.45, 7) is 1.59. The van der Waals surface area contributed by atoms with Crippen molar-refractivity contribution in [3.63, 3.8) is 0 Å². The molecule has 0 aliphatic carbocycles. The third kappa shape index (κ3) is 2.86. The fourth-order valence-corrected chi connectivity index (χ4v) is 2.33. The number of ether oxygens (including phenoxy) is 1. The standard InChI is InChI=1S/C16H15N3O5/c1-8(20)6-19-15-12(16(22)23)13(21)11(24-15)5-9-7-18-14-10(9)3-2-4-17-14/h2-5,7-8,19-20H,6H2,1H3,(H,17,18)(H,22,23)/b11-5-. The molecule has 24 heavy (non-hydrogen) atoms. The lowest BCUT2D eigenvalue weighted by Crippen LogP contribution is -2.25. The van der Waals surface area contributed by atoms with Crippen LogP contribution in [0.5, 0.6) is 0 Å². The van der Waals surface area contributed by atoms with E-state index in [1.165, 1.54) is 13.0 Å². The first-order chi connectivity index (χ1) is 11.5. The van der Waals surface area contributed by atoms with Crippen LogP contribution in [0.15, 0.2) is 41.7 Å². The summed E-state index contributed by atoms with van der Waals surface area (Å²) in [5.41, 5.74) is 0.816. The number of H-pyrrole nitrogens is 1. The molecule has 1 unspecified atom stereocenters. The molecule has 0 radical (unpaired) electrons. The predicted octanol–water partition coefficient (Wildman–Crippen LogP) is 0.770. The summed E-state index contributed by atoms with van der Waals surface area (Å²) in [4.78, 5) is 30.7. The van der Waals surface area contributed by atoms with Crippen molar-refractivity contribution < 1.29 is 24.5 Å². The number of hydrogen-bond donors (Lipinski definition) is 4. The van der Waals surface area contributed by atoms with E-state index in [1.54, 1.807) is 18.5 Å². The molecule has 1 atom stereocenters. The van der Waals surface area contributed by atoms with Crippen molar-refractivity contribution in [2.45, 2.75) is 13.0 Å². The number of Topliss-reactive ketones (excluding diaryl/α,β-unsaturated/α-hetero) is 1. The first-order valence-electron chi connectivity index (χ1n) is 7.23. The molecular formula is C16H15N3O5. The minimum Gasteiger partial charge on any atom is -0.477 e. The molecular weight excluding hydrogens is 314 g/mol. The largest absolute Gasteiger partial charge is 0.477 e. The van der Waals surface area contributed by atoms with Crippen molar-refractivity contribution in [1.29, 1.82) is 0 Å². The Balaban J connectivity index is 1.93. The Bertz CT molecular complexity index is 879. The molecule has 2 aromatic heterocycles. The van der Waals surface area contributed by atoms with E-state index in [-0.39, 0.29) is 18.2 Å². The molecule has 1 aliphatic rings. The monoisotopic (exact) mass is 329 g/mol. The van der Waals surface area contributed by atoms with Crippen molar-refractivity contribution in [1.82, 2.24) is 15.3 Å². The van der Waals surface area contributed by atoms with E-state index in [9.17, 15) is 19.8 Å². The van der Waals surface area contributed by atoms with Gasteiger partial charge in [-0.05, 0) is 25.1 Å². The van der Waals surface area contributed by atoms with E-state index < -0.39 is 23.4 Å². The van der Waals surface area contributed by atoms with Gasteiger partial charge in [-0.2, -0.15) is 0 Å². The van der Waals surface area contributed by atoms with Gasteiger partial charge in [0.05, 0.1) is 6.10 Å². The maximum absolute atomic E-state index is 12.3. The quantitative estimate of drug-likeness (QED) is 0.472. The van der Waals surface area contributed by atoms with Crippen molar-refractivity contribution >= 4 is 28.9 Å². The average molecular weight is 329 g/mol. The van der Waals surface area contributed by atoms with Crippen LogP contribution in [-0.4, -0.2) is 44.6 Å². The van der Waals surface area contributed by atoms with Gasteiger partial charge in [0.1, 0.15) is 5.65 Å². The number of carboxylic acids is 1. The number of carboxylic acid groups (broad SMARTS) is 1. The van der Waals surface area contributed by atoms with Crippen molar-refractivity contribution in [3.8, 4) is 0 Å². The molecule has 0 spiro atoms. The summed E-state index contributed by atoms with van der Waals surface area (Å²) in [5.74, 6) is -2.39. The zero-order valence-electron chi connectivity index (χ0n) is 12.7. The van der Waals surface area contributed by atoms with Crippen LogP contribution in [0.1, 0.15) is 12.5 Å². The third-order valence-electron chi connectivity index (χ3n) is 3.43. The number of pyridine rings is 1. The minimum atomic E-state index is -1.39. The van der Waals surface area contributed by atoms with Gasteiger partial charge in [-0.1, -0.05) is 0 Å². The lowest BCUT2D eigenvalue weighted by Gasteiger charge is -2.09. The van der Waals surface area contributed by atoms with Crippen LogP contribution in [0.3, 0.4) is 0 Å². The number of carbonyl (C=O) groups excluding carboxylic acids is 1. The maximum Gasteiger partial charge on any atom is 0.345 e. The molecule has 3 rings (SSSR count). The predicted molar refractivity (Wildman–Crippen MR) is 84.5 cm³/mol. The number of aliphatic hydroxyl groups is 1. The summed E-state index contributed by atoms with van der Waals surface area (Å²) in [6, 6.07) is 3.58. The highest BCUT2D eigenvalue weighted by atomic mass is 16.5. The van der Waals surface area contributed by atoms with Gasteiger partial charge in [0.2, 0.25) is 11.7 Å². The van der Waals surface area contributed by atoms with Crippen LogP contribution in [0.25, 0.3) is 17.1 Å². The Kier molecular flexibility index (Phi) is 4.05. The second kappa shape index (κ2) is 6.17. The molecule has 0 amide bonds. The average Bonchev–Trinajstić information content (AvgIpc) is 3.08. The summed E-state index contributed by atoms with van der Waals surface area (Å²) < 4.78 is 5.37. The highest BCUT2D eigenvalue weighted by molar-refractivity contribution is 6.26. The SMILES string of the molecule is CC(O)CNC1=C(C(=O)O)C(=O)/C(=C/c2c[nH]c3ncccc23)O1. The second-order valence-corrected chi connectivity index (χ2v) is 5.32. The Morgan fingerprint density at radius 1 is 1.54 bits per heavy atom. The smallest absolute Gasteiger partial charge is 0.345 e. The Labute approximate surface area is 136 Å². The van der Waals surface area contributed by atoms with E-state index in [4.69, 9.17) is 4.74 Å².